The van der Waals surface area contributed by atoms with E-state index in [1.165, 1.54) is 12.8 Å². The number of aromatic nitrogens is 1. The topological polar surface area (TPSA) is 57.3 Å². The third-order valence-corrected chi connectivity index (χ3v) is 3.67. The lowest BCUT2D eigenvalue weighted by Crippen LogP contribution is -2.38. The summed E-state index contributed by atoms with van der Waals surface area (Å²) in [7, 11) is 1.63. The molecule has 2 heterocycles. The second kappa shape index (κ2) is 7.24. The van der Waals surface area contributed by atoms with Crippen molar-refractivity contribution in [2.75, 3.05) is 31.6 Å². The van der Waals surface area contributed by atoms with Crippen molar-refractivity contribution >= 4 is 11.6 Å². The summed E-state index contributed by atoms with van der Waals surface area (Å²) in [5, 5.41) is 6.15. The first-order valence-electron chi connectivity index (χ1n) is 7.41. The number of carbonyl (C=O) groups is 1. The fourth-order valence-corrected chi connectivity index (χ4v) is 2.64. The smallest absolute Gasteiger partial charge is 0.269 e. The van der Waals surface area contributed by atoms with Crippen molar-refractivity contribution in [1.29, 1.82) is 0 Å². The SMILES string of the molecule is CCCN(CC1CCCN1)c1ccnc(C(=O)NC)c1. The van der Waals surface area contributed by atoms with E-state index < -0.39 is 0 Å². The molecule has 1 aliphatic heterocycles. The average molecular weight is 276 g/mol. The summed E-state index contributed by atoms with van der Waals surface area (Å²) >= 11 is 0. The van der Waals surface area contributed by atoms with E-state index in [1.54, 1.807) is 13.2 Å². The maximum atomic E-state index is 11.7. The molecule has 5 nitrogen and oxygen atoms in total. The molecular weight excluding hydrogens is 252 g/mol. The fourth-order valence-electron chi connectivity index (χ4n) is 2.64. The van der Waals surface area contributed by atoms with Crippen LogP contribution in [-0.4, -0.2) is 43.6 Å². The molecule has 1 aliphatic rings. The summed E-state index contributed by atoms with van der Waals surface area (Å²) in [6.07, 6.45) is 5.28. The highest BCUT2D eigenvalue weighted by atomic mass is 16.1. The van der Waals surface area contributed by atoms with Crippen molar-refractivity contribution in [2.45, 2.75) is 32.2 Å². The van der Waals surface area contributed by atoms with Crippen LogP contribution in [0.15, 0.2) is 18.3 Å². The molecule has 0 spiro atoms. The van der Waals surface area contributed by atoms with Crippen LogP contribution in [0.5, 0.6) is 0 Å². The maximum absolute atomic E-state index is 11.7. The van der Waals surface area contributed by atoms with Gasteiger partial charge in [0.1, 0.15) is 5.69 Å². The maximum Gasteiger partial charge on any atom is 0.269 e. The molecule has 110 valence electrons. The van der Waals surface area contributed by atoms with Gasteiger partial charge in [-0.25, -0.2) is 0 Å². The summed E-state index contributed by atoms with van der Waals surface area (Å²) in [6.45, 7) is 5.28. The Kier molecular flexibility index (Phi) is 5.35. The number of rotatable bonds is 6. The van der Waals surface area contributed by atoms with Gasteiger partial charge in [-0.05, 0) is 37.9 Å². The van der Waals surface area contributed by atoms with E-state index in [-0.39, 0.29) is 5.91 Å². The zero-order valence-corrected chi connectivity index (χ0v) is 12.4. The van der Waals surface area contributed by atoms with Gasteiger partial charge in [-0.1, -0.05) is 6.92 Å². The van der Waals surface area contributed by atoms with Crippen molar-refractivity contribution in [2.24, 2.45) is 0 Å². The van der Waals surface area contributed by atoms with Crippen LogP contribution in [0.25, 0.3) is 0 Å². The van der Waals surface area contributed by atoms with E-state index in [1.807, 2.05) is 12.1 Å². The zero-order chi connectivity index (χ0) is 14.4. The molecule has 1 aromatic heterocycles. The van der Waals surface area contributed by atoms with Crippen LogP contribution >= 0.6 is 0 Å². The molecule has 1 atom stereocenters. The largest absolute Gasteiger partial charge is 0.370 e. The Balaban J connectivity index is 2.12. The Morgan fingerprint density at radius 2 is 2.45 bits per heavy atom. The molecule has 0 aromatic carbocycles. The van der Waals surface area contributed by atoms with Gasteiger partial charge in [0.15, 0.2) is 0 Å². The Hall–Kier alpha value is -1.62. The molecule has 5 heteroatoms. The van der Waals surface area contributed by atoms with Crippen LogP contribution < -0.4 is 15.5 Å². The molecule has 0 saturated carbocycles. The van der Waals surface area contributed by atoms with Gasteiger partial charge in [0.25, 0.3) is 5.91 Å². The number of hydrogen-bond acceptors (Lipinski definition) is 4. The van der Waals surface area contributed by atoms with Gasteiger partial charge in [0, 0.05) is 38.1 Å². The Bertz CT molecular complexity index is 443. The number of pyridine rings is 1. The highest BCUT2D eigenvalue weighted by molar-refractivity contribution is 5.92. The molecule has 1 amide bonds. The molecule has 2 N–H and O–H groups in total. The molecule has 0 bridgehead atoms. The molecule has 1 fully saturated rings. The van der Waals surface area contributed by atoms with Crippen molar-refractivity contribution in [3.8, 4) is 0 Å². The van der Waals surface area contributed by atoms with E-state index in [0.29, 0.717) is 11.7 Å². The van der Waals surface area contributed by atoms with Gasteiger partial charge in [-0.15, -0.1) is 0 Å². The minimum absolute atomic E-state index is 0.137. The Morgan fingerprint density at radius 3 is 3.10 bits per heavy atom. The third kappa shape index (κ3) is 3.70. The van der Waals surface area contributed by atoms with Crippen molar-refractivity contribution in [1.82, 2.24) is 15.6 Å². The second-order valence-corrected chi connectivity index (χ2v) is 5.22. The molecule has 1 saturated heterocycles. The monoisotopic (exact) mass is 276 g/mol. The van der Waals surface area contributed by atoms with Gasteiger partial charge >= 0.3 is 0 Å². The summed E-state index contributed by atoms with van der Waals surface area (Å²) in [5.41, 5.74) is 1.56. The summed E-state index contributed by atoms with van der Waals surface area (Å²) in [6, 6.07) is 4.42. The van der Waals surface area contributed by atoms with E-state index in [0.717, 1.165) is 31.7 Å². The van der Waals surface area contributed by atoms with Gasteiger partial charge in [-0.2, -0.15) is 0 Å². The molecule has 1 aromatic rings. The zero-order valence-electron chi connectivity index (χ0n) is 12.4. The normalized spacial score (nSPS) is 18.0. The lowest BCUT2D eigenvalue weighted by molar-refractivity contribution is 0.0958. The molecule has 20 heavy (non-hydrogen) atoms. The molecule has 1 unspecified atom stereocenters. The van der Waals surface area contributed by atoms with Crippen LogP contribution in [0, 0.1) is 0 Å². The first kappa shape index (κ1) is 14.8. The van der Waals surface area contributed by atoms with Gasteiger partial charge in [0.2, 0.25) is 0 Å². The van der Waals surface area contributed by atoms with E-state index in [4.69, 9.17) is 0 Å². The van der Waals surface area contributed by atoms with E-state index in [2.05, 4.69) is 27.4 Å². The van der Waals surface area contributed by atoms with Crippen LogP contribution in [0.1, 0.15) is 36.7 Å². The molecule has 0 radical (unpaired) electrons. The lowest BCUT2D eigenvalue weighted by atomic mass is 10.2. The number of hydrogen-bond donors (Lipinski definition) is 2. The minimum atomic E-state index is -0.137. The predicted octanol–water partition coefficient (Wildman–Crippen LogP) is 1.41. The van der Waals surface area contributed by atoms with Crippen LogP contribution in [-0.2, 0) is 0 Å². The first-order valence-corrected chi connectivity index (χ1v) is 7.41. The highest BCUT2D eigenvalue weighted by Gasteiger charge is 2.18. The Labute approximate surface area is 120 Å². The Morgan fingerprint density at radius 1 is 1.60 bits per heavy atom. The van der Waals surface area contributed by atoms with Crippen LogP contribution in [0.3, 0.4) is 0 Å². The van der Waals surface area contributed by atoms with Gasteiger partial charge < -0.3 is 15.5 Å². The molecular formula is C15H24N4O. The van der Waals surface area contributed by atoms with Crippen LogP contribution in [0.2, 0.25) is 0 Å². The number of nitrogens with zero attached hydrogens (tertiary/aromatic N) is 2. The summed E-state index contributed by atoms with van der Waals surface area (Å²) < 4.78 is 0. The van der Waals surface area contributed by atoms with Gasteiger partial charge in [-0.3, -0.25) is 9.78 Å². The van der Waals surface area contributed by atoms with Gasteiger partial charge in [0.05, 0.1) is 0 Å². The average Bonchev–Trinajstić information content (AvgIpc) is 2.99. The molecule has 0 aliphatic carbocycles. The second-order valence-electron chi connectivity index (χ2n) is 5.22. The van der Waals surface area contributed by atoms with E-state index in [9.17, 15) is 4.79 Å². The third-order valence-electron chi connectivity index (χ3n) is 3.67. The number of amides is 1. The minimum Gasteiger partial charge on any atom is -0.370 e. The highest BCUT2D eigenvalue weighted by Crippen LogP contribution is 2.17. The molecule has 2 rings (SSSR count). The standard InChI is InChI=1S/C15H24N4O/c1-3-9-19(11-12-5-4-7-17-12)13-6-8-18-14(10-13)15(20)16-2/h6,8,10,12,17H,3-5,7,9,11H2,1-2H3,(H,16,20). The quantitative estimate of drug-likeness (QED) is 0.825. The van der Waals surface area contributed by atoms with Crippen molar-refractivity contribution in [3.63, 3.8) is 0 Å². The van der Waals surface area contributed by atoms with E-state index >= 15 is 0 Å². The lowest BCUT2D eigenvalue weighted by Gasteiger charge is -2.27. The number of anilines is 1. The predicted molar refractivity (Wildman–Crippen MR) is 81.2 cm³/mol. The first-order chi connectivity index (χ1) is 9.74. The summed E-state index contributed by atoms with van der Waals surface area (Å²) in [5.74, 6) is -0.137. The van der Waals surface area contributed by atoms with Crippen molar-refractivity contribution in [3.05, 3.63) is 24.0 Å². The number of nitrogens with one attached hydrogen (secondary N) is 2. The summed E-state index contributed by atoms with van der Waals surface area (Å²) in [4.78, 5) is 18.2. The number of carbonyl (C=O) groups excluding carboxylic acids is 1. The van der Waals surface area contributed by atoms with Crippen molar-refractivity contribution < 1.29 is 4.79 Å². The fraction of sp³-hybridized carbons (Fsp3) is 0.600. The van der Waals surface area contributed by atoms with Crippen LogP contribution in [0.4, 0.5) is 5.69 Å².